The minimum atomic E-state index is -0.723. The van der Waals surface area contributed by atoms with Crippen molar-refractivity contribution in [2.24, 2.45) is 0 Å². The zero-order chi connectivity index (χ0) is 16.4. The van der Waals surface area contributed by atoms with Crippen LogP contribution in [0.1, 0.15) is 50.7 Å². The average molecular weight is 305 g/mol. The molecular weight excluding hydrogens is 290 g/mol. The number of methoxy groups -OCH3 is 1. The monoisotopic (exact) mass is 305 g/mol. The zero-order valence-corrected chi connectivity index (χ0v) is 12.4. The van der Waals surface area contributed by atoms with Gasteiger partial charge in [0.05, 0.1) is 31.6 Å². The zero-order valence-electron chi connectivity index (χ0n) is 12.4. The van der Waals surface area contributed by atoms with Gasteiger partial charge in [-0.1, -0.05) is 0 Å². The first-order valence-corrected chi connectivity index (χ1v) is 6.62. The molecule has 7 heteroatoms. The van der Waals surface area contributed by atoms with E-state index in [0.717, 1.165) is 0 Å². The number of hydrogen-bond donors (Lipinski definition) is 1. The Bertz CT molecular complexity index is 704. The molecule has 1 heterocycles. The lowest BCUT2D eigenvalue weighted by Gasteiger charge is -2.20. The van der Waals surface area contributed by atoms with E-state index in [1.807, 2.05) is 0 Å². The van der Waals surface area contributed by atoms with Crippen molar-refractivity contribution < 1.29 is 29.0 Å². The lowest BCUT2D eigenvalue weighted by molar-refractivity contribution is 0.0518. The molecule has 1 aliphatic carbocycles. The Morgan fingerprint density at radius 2 is 2.00 bits per heavy atom. The van der Waals surface area contributed by atoms with Gasteiger partial charge < -0.3 is 14.6 Å². The van der Waals surface area contributed by atoms with E-state index in [9.17, 15) is 19.5 Å². The molecule has 0 spiro atoms. The van der Waals surface area contributed by atoms with E-state index < -0.39 is 24.1 Å². The number of esters is 1. The molecule has 1 aromatic rings. The van der Waals surface area contributed by atoms with Gasteiger partial charge in [-0.3, -0.25) is 9.59 Å². The molecule has 116 valence electrons. The van der Waals surface area contributed by atoms with E-state index in [0.29, 0.717) is 0 Å². The molecule has 0 atom stereocenters. The fraction of sp³-hybridized carbons (Fsp3) is 0.333. The molecule has 0 amide bonds. The number of ketones is 2. The number of rotatable bonds is 4. The van der Waals surface area contributed by atoms with Crippen LogP contribution in [0.3, 0.4) is 0 Å². The molecule has 22 heavy (non-hydrogen) atoms. The van der Waals surface area contributed by atoms with Crippen LogP contribution >= 0.6 is 0 Å². The number of allylic oxidation sites excluding steroid dienone is 2. The van der Waals surface area contributed by atoms with E-state index in [1.165, 1.54) is 20.1 Å². The second-order valence-electron chi connectivity index (χ2n) is 4.57. The Labute approximate surface area is 126 Å². The third-order valence-corrected chi connectivity index (χ3v) is 3.29. The molecule has 0 bridgehead atoms. The number of Topliss-reactive ketones (excluding diaryl/α,β-unsaturated/α-hetero) is 2. The van der Waals surface area contributed by atoms with Gasteiger partial charge in [-0.2, -0.15) is 0 Å². The summed E-state index contributed by atoms with van der Waals surface area (Å²) in [6.45, 7) is 2.65. The van der Waals surface area contributed by atoms with Crippen molar-refractivity contribution in [2.75, 3.05) is 13.7 Å². The fourth-order valence-corrected chi connectivity index (χ4v) is 2.29. The van der Waals surface area contributed by atoms with Gasteiger partial charge >= 0.3 is 5.97 Å². The summed E-state index contributed by atoms with van der Waals surface area (Å²) in [4.78, 5) is 40.5. The first-order valence-electron chi connectivity index (χ1n) is 6.62. The quantitative estimate of drug-likeness (QED) is 0.829. The van der Waals surface area contributed by atoms with Gasteiger partial charge in [0.25, 0.3) is 0 Å². The molecule has 0 fully saturated rings. The molecule has 1 N–H and O–H groups in total. The van der Waals surface area contributed by atoms with Crippen LogP contribution < -0.4 is 0 Å². The molecule has 0 unspecified atom stereocenters. The number of carbonyl (C=O) groups is 3. The summed E-state index contributed by atoms with van der Waals surface area (Å²) >= 11 is 0. The molecule has 0 aromatic carbocycles. The molecule has 7 nitrogen and oxygen atoms in total. The summed E-state index contributed by atoms with van der Waals surface area (Å²) < 4.78 is 9.80. The van der Waals surface area contributed by atoms with Crippen LogP contribution in [0.4, 0.5) is 0 Å². The van der Waals surface area contributed by atoms with E-state index in [2.05, 4.69) is 4.98 Å². The Morgan fingerprint density at radius 1 is 1.32 bits per heavy atom. The molecule has 0 saturated carbocycles. The van der Waals surface area contributed by atoms with Gasteiger partial charge in [-0.25, -0.2) is 9.78 Å². The summed E-state index contributed by atoms with van der Waals surface area (Å²) in [6, 6.07) is 1.21. The minimum absolute atomic E-state index is 0.0189. The summed E-state index contributed by atoms with van der Waals surface area (Å²) in [5.74, 6) is -1.80. The fourth-order valence-electron chi connectivity index (χ4n) is 2.29. The first-order chi connectivity index (χ1) is 10.5. The van der Waals surface area contributed by atoms with Gasteiger partial charge in [0.2, 0.25) is 5.78 Å². The molecule has 2 rings (SSSR count). The number of hydrogen-bond acceptors (Lipinski definition) is 7. The summed E-state index contributed by atoms with van der Waals surface area (Å²) in [6.07, 6.45) is 0. The van der Waals surface area contributed by atoms with Crippen molar-refractivity contribution in [3.05, 3.63) is 39.9 Å². The van der Waals surface area contributed by atoms with Crippen molar-refractivity contribution in [2.45, 2.75) is 20.5 Å². The summed E-state index contributed by atoms with van der Waals surface area (Å²) in [5.41, 5.74) is -0.0567. The van der Waals surface area contributed by atoms with Gasteiger partial charge in [0, 0.05) is 11.1 Å². The normalized spacial score (nSPS) is 14.0. The maximum atomic E-state index is 12.4. The van der Waals surface area contributed by atoms with Crippen LogP contribution in [0.2, 0.25) is 0 Å². The average Bonchev–Trinajstić information content (AvgIpc) is 2.52. The van der Waals surface area contributed by atoms with Crippen LogP contribution in [0.25, 0.3) is 0 Å². The minimum Gasteiger partial charge on any atom is -0.492 e. The Morgan fingerprint density at radius 3 is 2.55 bits per heavy atom. The van der Waals surface area contributed by atoms with Crippen LogP contribution in [-0.2, 0) is 16.1 Å². The lowest BCUT2D eigenvalue weighted by Crippen LogP contribution is -2.26. The van der Waals surface area contributed by atoms with Gasteiger partial charge in [0.1, 0.15) is 5.69 Å². The highest BCUT2D eigenvalue weighted by Gasteiger charge is 2.34. The number of aliphatic hydroxyl groups excluding tert-OH is 1. The number of nitrogens with zero attached hydrogens (tertiary/aromatic N) is 1. The second-order valence-corrected chi connectivity index (χ2v) is 4.57. The van der Waals surface area contributed by atoms with Crippen molar-refractivity contribution in [1.29, 1.82) is 0 Å². The van der Waals surface area contributed by atoms with E-state index >= 15 is 0 Å². The molecule has 0 saturated heterocycles. The predicted octanol–water partition coefficient (Wildman–Crippen LogP) is 1.05. The van der Waals surface area contributed by atoms with E-state index in [1.54, 1.807) is 6.92 Å². The van der Waals surface area contributed by atoms with E-state index in [-0.39, 0.29) is 40.5 Å². The number of ether oxygens (including phenoxy) is 2. The summed E-state index contributed by atoms with van der Waals surface area (Å²) in [7, 11) is 1.29. The van der Waals surface area contributed by atoms with Crippen molar-refractivity contribution in [1.82, 2.24) is 4.98 Å². The maximum Gasteiger partial charge on any atom is 0.356 e. The lowest BCUT2D eigenvalue weighted by atomic mass is 9.87. The van der Waals surface area contributed by atoms with Gasteiger partial charge in [0.15, 0.2) is 11.5 Å². The second kappa shape index (κ2) is 6.07. The van der Waals surface area contributed by atoms with Gasteiger partial charge in [-0.05, 0) is 19.9 Å². The van der Waals surface area contributed by atoms with Crippen molar-refractivity contribution >= 4 is 17.5 Å². The van der Waals surface area contributed by atoms with Crippen LogP contribution in [0.5, 0.6) is 0 Å². The van der Waals surface area contributed by atoms with Crippen molar-refractivity contribution in [3.63, 3.8) is 0 Å². The number of carbonyl (C=O) groups excluding carboxylic acids is 3. The molecule has 0 radical (unpaired) electrons. The molecule has 1 aliphatic rings. The predicted molar refractivity (Wildman–Crippen MR) is 74.5 cm³/mol. The highest BCUT2D eigenvalue weighted by molar-refractivity contribution is 6.26. The number of pyridine rings is 1. The van der Waals surface area contributed by atoms with E-state index in [4.69, 9.17) is 9.47 Å². The smallest absolute Gasteiger partial charge is 0.356 e. The van der Waals surface area contributed by atoms with Crippen LogP contribution in [0, 0.1) is 0 Å². The maximum absolute atomic E-state index is 12.4. The summed E-state index contributed by atoms with van der Waals surface area (Å²) in [5, 5.41) is 9.42. The van der Waals surface area contributed by atoms with Gasteiger partial charge in [-0.15, -0.1) is 0 Å². The molecule has 0 aliphatic heterocycles. The van der Waals surface area contributed by atoms with Crippen molar-refractivity contribution in [3.8, 4) is 0 Å². The molecular formula is C15H15NO6. The third kappa shape index (κ3) is 2.39. The third-order valence-electron chi connectivity index (χ3n) is 3.29. The van der Waals surface area contributed by atoms with Crippen LogP contribution in [-0.4, -0.2) is 41.3 Å². The Balaban J connectivity index is 2.68. The number of aliphatic hydroxyl groups is 1. The van der Waals surface area contributed by atoms with Crippen LogP contribution in [0.15, 0.2) is 17.4 Å². The molecule has 1 aromatic heterocycles. The number of aromatic nitrogens is 1. The Hall–Kier alpha value is -2.54. The number of fused-ring (bicyclic) bond motifs is 1. The Kier molecular flexibility index (Phi) is 4.37. The topological polar surface area (TPSA) is 103 Å². The highest BCUT2D eigenvalue weighted by Crippen LogP contribution is 2.29. The first kappa shape index (κ1) is 15.8. The SMILES string of the molecule is CCOC(=O)c1cc2c(c(CO)n1)C(=O)C(OC)=C(C)C2=O. The standard InChI is InChI=1S/C15H15NO6/c1-4-22-15(20)9-5-8-11(10(6-17)16-9)13(19)14(21-3)7(2)12(8)18/h5,17H,4,6H2,1-3H3. The highest BCUT2D eigenvalue weighted by atomic mass is 16.5. The largest absolute Gasteiger partial charge is 0.492 e.